The molecule has 5 nitrogen and oxygen atoms in total. The average molecular weight is 262 g/mol. The number of nitrogens with two attached hydrogens (primary N) is 1. The SMILES string of the molecule is NC(=O)C(O)CNC(=O)C1CCc2ccccc2C1. The lowest BCUT2D eigenvalue weighted by Gasteiger charge is -2.24. The van der Waals surface area contributed by atoms with Crippen molar-refractivity contribution in [2.24, 2.45) is 11.7 Å². The molecule has 1 aromatic carbocycles. The summed E-state index contributed by atoms with van der Waals surface area (Å²) in [5, 5.41) is 11.8. The molecular formula is C14H18N2O3. The lowest BCUT2D eigenvalue weighted by Crippen LogP contribution is -2.43. The topological polar surface area (TPSA) is 92.4 Å². The molecule has 2 unspecified atom stereocenters. The molecule has 1 aliphatic rings. The summed E-state index contributed by atoms with van der Waals surface area (Å²) in [4.78, 5) is 22.6. The third kappa shape index (κ3) is 3.32. The van der Waals surface area contributed by atoms with E-state index in [-0.39, 0.29) is 18.4 Å². The number of primary amides is 1. The van der Waals surface area contributed by atoms with Crippen LogP contribution in [-0.4, -0.2) is 29.6 Å². The molecule has 0 aromatic heterocycles. The van der Waals surface area contributed by atoms with Gasteiger partial charge in [-0.25, -0.2) is 0 Å². The van der Waals surface area contributed by atoms with Crippen molar-refractivity contribution in [2.45, 2.75) is 25.4 Å². The Labute approximate surface area is 111 Å². The number of aliphatic hydroxyl groups is 1. The van der Waals surface area contributed by atoms with Crippen molar-refractivity contribution in [1.29, 1.82) is 0 Å². The van der Waals surface area contributed by atoms with E-state index in [1.165, 1.54) is 11.1 Å². The van der Waals surface area contributed by atoms with Crippen molar-refractivity contribution in [1.82, 2.24) is 5.32 Å². The van der Waals surface area contributed by atoms with Gasteiger partial charge < -0.3 is 16.2 Å². The number of nitrogens with one attached hydrogen (secondary N) is 1. The normalized spacial score (nSPS) is 19.3. The van der Waals surface area contributed by atoms with Crippen LogP contribution in [0.2, 0.25) is 0 Å². The molecule has 0 saturated carbocycles. The standard InChI is InChI=1S/C14H18N2O3/c15-13(18)12(17)8-16-14(19)11-6-5-9-3-1-2-4-10(9)7-11/h1-4,11-12,17H,5-8H2,(H2,15,18)(H,16,19). The summed E-state index contributed by atoms with van der Waals surface area (Å²) in [5.41, 5.74) is 7.42. The number of fused-ring (bicyclic) bond motifs is 1. The van der Waals surface area contributed by atoms with Crippen LogP contribution in [0.25, 0.3) is 0 Å². The lowest BCUT2D eigenvalue weighted by molar-refractivity contribution is -0.128. The minimum absolute atomic E-state index is 0.102. The monoisotopic (exact) mass is 262 g/mol. The number of aliphatic hydroxyl groups excluding tert-OH is 1. The number of aryl methyl sites for hydroxylation is 1. The third-order valence-corrected chi connectivity index (χ3v) is 3.52. The molecule has 0 aliphatic heterocycles. The summed E-state index contributed by atoms with van der Waals surface area (Å²) in [6.07, 6.45) is 1.05. The van der Waals surface area contributed by atoms with Crippen molar-refractivity contribution in [3.05, 3.63) is 35.4 Å². The van der Waals surface area contributed by atoms with Crippen LogP contribution >= 0.6 is 0 Å². The van der Waals surface area contributed by atoms with Crippen LogP contribution in [0.15, 0.2) is 24.3 Å². The lowest BCUT2D eigenvalue weighted by atomic mass is 9.83. The van der Waals surface area contributed by atoms with Crippen LogP contribution < -0.4 is 11.1 Å². The van der Waals surface area contributed by atoms with E-state index in [2.05, 4.69) is 11.4 Å². The molecule has 4 N–H and O–H groups in total. The quantitative estimate of drug-likeness (QED) is 0.699. The van der Waals surface area contributed by atoms with E-state index in [1.54, 1.807) is 0 Å². The van der Waals surface area contributed by atoms with Gasteiger partial charge in [0.15, 0.2) is 0 Å². The first kappa shape index (κ1) is 13.5. The highest BCUT2D eigenvalue weighted by molar-refractivity contribution is 5.82. The fourth-order valence-corrected chi connectivity index (χ4v) is 2.36. The molecule has 0 bridgehead atoms. The molecule has 2 atom stereocenters. The summed E-state index contributed by atoms with van der Waals surface area (Å²) < 4.78 is 0. The Morgan fingerprint density at radius 1 is 1.37 bits per heavy atom. The van der Waals surface area contributed by atoms with Gasteiger partial charge in [0.05, 0.1) is 6.54 Å². The zero-order valence-corrected chi connectivity index (χ0v) is 10.6. The number of amides is 2. The van der Waals surface area contributed by atoms with Crippen molar-refractivity contribution in [3.8, 4) is 0 Å². The van der Waals surface area contributed by atoms with Crippen LogP contribution in [0.5, 0.6) is 0 Å². The number of carbonyl (C=O) groups excluding carboxylic acids is 2. The smallest absolute Gasteiger partial charge is 0.248 e. The summed E-state index contributed by atoms with van der Waals surface area (Å²) in [7, 11) is 0. The van der Waals surface area contributed by atoms with Gasteiger partial charge in [0, 0.05) is 5.92 Å². The largest absolute Gasteiger partial charge is 0.381 e. The van der Waals surface area contributed by atoms with Gasteiger partial charge in [-0.1, -0.05) is 24.3 Å². The minimum atomic E-state index is -1.32. The summed E-state index contributed by atoms with van der Waals surface area (Å²) >= 11 is 0. The zero-order valence-electron chi connectivity index (χ0n) is 10.6. The predicted molar refractivity (Wildman–Crippen MR) is 70.2 cm³/mol. The van der Waals surface area contributed by atoms with E-state index >= 15 is 0 Å². The Bertz CT molecular complexity index is 487. The van der Waals surface area contributed by atoms with Gasteiger partial charge in [-0.2, -0.15) is 0 Å². The second-order valence-electron chi connectivity index (χ2n) is 4.87. The van der Waals surface area contributed by atoms with E-state index in [4.69, 9.17) is 5.73 Å². The maximum Gasteiger partial charge on any atom is 0.248 e. The molecule has 0 fully saturated rings. The van der Waals surface area contributed by atoms with Gasteiger partial charge in [-0.05, 0) is 30.4 Å². The van der Waals surface area contributed by atoms with Crippen LogP contribution in [0, 0.1) is 5.92 Å². The molecule has 102 valence electrons. The molecule has 0 spiro atoms. The highest BCUT2D eigenvalue weighted by Gasteiger charge is 2.25. The van der Waals surface area contributed by atoms with Crippen molar-refractivity contribution < 1.29 is 14.7 Å². The minimum Gasteiger partial charge on any atom is -0.381 e. The number of carbonyl (C=O) groups is 2. The maximum absolute atomic E-state index is 12.0. The molecule has 1 aromatic rings. The van der Waals surface area contributed by atoms with Crippen LogP contribution in [0.1, 0.15) is 17.5 Å². The Balaban J connectivity index is 1.90. The van der Waals surface area contributed by atoms with E-state index < -0.39 is 12.0 Å². The zero-order chi connectivity index (χ0) is 13.8. The van der Waals surface area contributed by atoms with E-state index in [1.807, 2.05) is 18.2 Å². The van der Waals surface area contributed by atoms with Crippen LogP contribution in [0.4, 0.5) is 0 Å². The highest BCUT2D eigenvalue weighted by atomic mass is 16.3. The van der Waals surface area contributed by atoms with Crippen molar-refractivity contribution in [2.75, 3.05) is 6.54 Å². The van der Waals surface area contributed by atoms with E-state index in [9.17, 15) is 14.7 Å². The molecule has 19 heavy (non-hydrogen) atoms. The molecule has 0 heterocycles. The number of benzene rings is 1. The molecule has 2 rings (SSSR count). The third-order valence-electron chi connectivity index (χ3n) is 3.52. The fourth-order valence-electron chi connectivity index (χ4n) is 2.36. The number of hydrogen-bond donors (Lipinski definition) is 3. The van der Waals surface area contributed by atoms with E-state index in [0.29, 0.717) is 6.42 Å². The Kier molecular flexibility index (Phi) is 4.16. The molecule has 0 saturated heterocycles. The van der Waals surface area contributed by atoms with Gasteiger partial charge in [-0.15, -0.1) is 0 Å². The van der Waals surface area contributed by atoms with Crippen LogP contribution in [0.3, 0.4) is 0 Å². The first-order valence-electron chi connectivity index (χ1n) is 6.40. The van der Waals surface area contributed by atoms with Gasteiger partial charge >= 0.3 is 0 Å². The van der Waals surface area contributed by atoms with Crippen LogP contribution in [-0.2, 0) is 22.4 Å². The van der Waals surface area contributed by atoms with Gasteiger partial charge in [0.25, 0.3) is 0 Å². The fraction of sp³-hybridized carbons (Fsp3) is 0.429. The maximum atomic E-state index is 12.0. The summed E-state index contributed by atoms with van der Waals surface area (Å²) in [6.45, 7) is -0.119. The molecule has 0 radical (unpaired) electrons. The van der Waals surface area contributed by atoms with E-state index in [0.717, 1.165) is 12.8 Å². The molecule has 5 heteroatoms. The highest BCUT2D eigenvalue weighted by Crippen LogP contribution is 2.25. The van der Waals surface area contributed by atoms with Gasteiger partial charge in [0.1, 0.15) is 6.10 Å². The number of rotatable bonds is 4. The van der Waals surface area contributed by atoms with Gasteiger partial charge in [0.2, 0.25) is 11.8 Å². The molecule has 2 amide bonds. The first-order valence-corrected chi connectivity index (χ1v) is 6.40. The average Bonchev–Trinajstić information content (AvgIpc) is 2.43. The summed E-state index contributed by atoms with van der Waals surface area (Å²) in [6, 6.07) is 8.09. The molecular weight excluding hydrogens is 244 g/mol. The molecule has 1 aliphatic carbocycles. The van der Waals surface area contributed by atoms with Crippen molar-refractivity contribution in [3.63, 3.8) is 0 Å². The Hall–Kier alpha value is -1.88. The Morgan fingerprint density at radius 2 is 2.05 bits per heavy atom. The Morgan fingerprint density at radius 3 is 2.74 bits per heavy atom. The number of hydrogen-bond acceptors (Lipinski definition) is 3. The second-order valence-corrected chi connectivity index (χ2v) is 4.87. The first-order chi connectivity index (χ1) is 9.08. The summed E-state index contributed by atoms with van der Waals surface area (Å²) in [5.74, 6) is -1.06. The predicted octanol–water partition coefficient (Wildman–Crippen LogP) is -0.246. The second kappa shape index (κ2) is 5.84. The van der Waals surface area contributed by atoms with Crippen molar-refractivity contribution >= 4 is 11.8 Å². The van der Waals surface area contributed by atoms with Gasteiger partial charge in [-0.3, -0.25) is 9.59 Å².